The molecule has 0 fully saturated rings. The van der Waals surface area contributed by atoms with Crippen LogP contribution in [-0.2, 0) is 5.41 Å². The molecule has 1 aliphatic heterocycles. The Morgan fingerprint density at radius 3 is 2.12 bits per heavy atom. The van der Waals surface area contributed by atoms with Gasteiger partial charge in [0.25, 0.3) is 0 Å². The highest BCUT2D eigenvalue weighted by Gasteiger charge is 2.41. The third-order valence-electron chi connectivity index (χ3n) is 4.80. The molecule has 0 saturated heterocycles. The maximum atomic E-state index is 8.73. The Balaban J connectivity index is 1.76. The number of para-hydroxylation sites is 2. The van der Waals surface area contributed by atoms with Gasteiger partial charge in [0.15, 0.2) is 0 Å². The second-order valence-electron chi connectivity index (χ2n) is 6.87. The van der Waals surface area contributed by atoms with Crippen molar-refractivity contribution in [2.24, 2.45) is 0 Å². The number of rotatable bonds is 3. The predicted molar refractivity (Wildman–Crippen MR) is 106 cm³/mol. The van der Waals surface area contributed by atoms with Crippen LogP contribution in [0.4, 0.5) is 22.7 Å². The van der Waals surface area contributed by atoms with Crippen LogP contribution in [0.2, 0.25) is 0 Å². The number of amidine groups is 1. The van der Waals surface area contributed by atoms with Gasteiger partial charge in [0, 0.05) is 22.5 Å². The van der Waals surface area contributed by atoms with Crippen molar-refractivity contribution in [3.05, 3.63) is 84.4 Å². The molecule has 1 heterocycles. The lowest BCUT2D eigenvalue weighted by atomic mass is 9.85. The normalized spacial score (nSPS) is 15.1. The Morgan fingerprint density at radius 1 is 0.800 bits per heavy atom. The lowest BCUT2D eigenvalue weighted by Gasteiger charge is -2.23. The molecule has 3 heteroatoms. The van der Waals surface area contributed by atoms with Crippen LogP contribution in [0, 0.1) is 5.41 Å². The van der Waals surface area contributed by atoms with Crippen LogP contribution in [0.3, 0.4) is 0 Å². The van der Waals surface area contributed by atoms with Crippen molar-refractivity contribution in [2.45, 2.75) is 19.3 Å². The monoisotopic (exact) mass is 327 g/mol. The van der Waals surface area contributed by atoms with E-state index in [1.807, 2.05) is 41.3 Å². The van der Waals surface area contributed by atoms with E-state index in [1.165, 1.54) is 5.56 Å². The van der Waals surface area contributed by atoms with E-state index in [1.54, 1.807) is 0 Å². The first-order valence-corrected chi connectivity index (χ1v) is 8.48. The molecule has 0 atom stereocenters. The summed E-state index contributed by atoms with van der Waals surface area (Å²) in [5.74, 6) is 0.602. The summed E-state index contributed by atoms with van der Waals surface area (Å²) in [6, 6.07) is 26.6. The summed E-state index contributed by atoms with van der Waals surface area (Å²) in [5.41, 5.74) is 5.05. The molecule has 3 nitrogen and oxygen atoms in total. The zero-order valence-electron chi connectivity index (χ0n) is 14.5. The van der Waals surface area contributed by atoms with Crippen molar-refractivity contribution in [3.8, 4) is 0 Å². The number of benzene rings is 3. The minimum absolute atomic E-state index is 0.334. The smallest absolute Gasteiger partial charge is 0.115 e. The Labute approximate surface area is 148 Å². The molecule has 0 amide bonds. The first kappa shape index (κ1) is 15.5. The van der Waals surface area contributed by atoms with Gasteiger partial charge in [-0.15, -0.1) is 0 Å². The zero-order valence-corrected chi connectivity index (χ0v) is 14.5. The van der Waals surface area contributed by atoms with E-state index in [0.717, 1.165) is 22.7 Å². The number of fused-ring (bicyclic) bond motifs is 1. The molecule has 0 spiro atoms. The fourth-order valence-corrected chi connectivity index (χ4v) is 3.37. The van der Waals surface area contributed by atoms with Crippen LogP contribution < -0.4 is 10.2 Å². The topological polar surface area (TPSA) is 39.1 Å². The number of anilines is 4. The molecule has 0 radical (unpaired) electrons. The Kier molecular flexibility index (Phi) is 3.57. The Morgan fingerprint density at radius 2 is 1.44 bits per heavy atom. The van der Waals surface area contributed by atoms with Crippen LogP contribution in [0.25, 0.3) is 0 Å². The maximum Gasteiger partial charge on any atom is 0.115 e. The molecule has 1 aliphatic rings. The number of nitrogens with zero attached hydrogens (tertiary/aromatic N) is 1. The van der Waals surface area contributed by atoms with E-state index in [2.05, 4.69) is 61.6 Å². The molecular weight excluding hydrogens is 306 g/mol. The number of hydrogen-bond acceptors (Lipinski definition) is 2. The molecule has 0 saturated carbocycles. The molecule has 0 unspecified atom stereocenters. The Bertz CT molecular complexity index is 915. The van der Waals surface area contributed by atoms with Crippen LogP contribution in [0.15, 0.2) is 78.9 Å². The molecule has 0 aromatic heterocycles. The molecule has 3 aromatic rings. The van der Waals surface area contributed by atoms with E-state index in [-0.39, 0.29) is 5.41 Å². The first-order chi connectivity index (χ1) is 12.1. The van der Waals surface area contributed by atoms with Crippen LogP contribution in [0.1, 0.15) is 19.4 Å². The first-order valence-electron chi connectivity index (χ1n) is 8.48. The van der Waals surface area contributed by atoms with Crippen LogP contribution >= 0.6 is 0 Å². The molecule has 2 N–H and O–H groups in total. The summed E-state index contributed by atoms with van der Waals surface area (Å²) in [7, 11) is 0. The molecular formula is C22H21N3. The highest BCUT2D eigenvalue weighted by molar-refractivity contribution is 6.14. The molecule has 124 valence electrons. The van der Waals surface area contributed by atoms with Gasteiger partial charge in [-0.05, 0) is 61.9 Å². The van der Waals surface area contributed by atoms with E-state index in [4.69, 9.17) is 5.41 Å². The second kappa shape index (κ2) is 5.78. The van der Waals surface area contributed by atoms with Gasteiger partial charge in [0.05, 0.1) is 5.69 Å². The van der Waals surface area contributed by atoms with Gasteiger partial charge < -0.3 is 5.32 Å². The fraction of sp³-hybridized carbons (Fsp3) is 0.136. The maximum absolute atomic E-state index is 8.73. The third kappa shape index (κ3) is 2.58. The highest BCUT2D eigenvalue weighted by atomic mass is 15.2. The van der Waals surface area contributed by atoms with Crippen LogP contribution in [0.5, 0.6) is 0 Å². The summed E-state index contributed by atoms with van der Waals surface area (Å²) in [4.78, 5) is 2.04. The van der Waals surface area contributed by atoms with Crippen molar-refractivity contribution in [3.63, 3.8) is 0 Å². The fourth-order valence-electron chi connectivity index (χ4n) is 3.37. The zero-order chi connectivity index (χ0) is 17.4. The van der Waals surface area contributed by atoms with Gasteiger partial charge >= 0.3 is 0 Å². The summed E-state index contributed by atoms with van der Waals surface area (Å²) in [5, 5.41) is 12.2. The highest BCUT2D eigenvalue weighted by Crippen LogP contribution is 2.46. The lowest BCUT2D eigenvalue weighted by Crippen LogP contribution is -2.32. The second-order valence-corrected chi connectivity index (χ2v) is 6.87. The lowest BCUT2D eigenvalue weighted by molar-refractivity contribution is 0.729. The average Bonchev–Trinajstić information content (AvgIpc) is 2.83. The third-order valence-corrected chi connectivity index (χ3v) is 4.80. The molecule has 3 aromatic carbocycles. The molecule has 4 rings (SSSR count). The molecule has 0 aliphatic carbocycles. The minimum Gasteiger partial charge on any atom is -0.356 e. The van der Waals surface area contributed by atoms with Crippen LogP contribution in [-0.4, -0.2) is 5.84 Å². The van der Waals surface area contributed by atoms with Crippen molar-refractivity contribution in [1.82, 2.24) is 0 Å². The van der Waals surface area contributed by atoms with Gasteiger partial charge in [-0.3, -0.25) is 10.3 Å². The number of nitrogens with one attached hydrogen (secondary N) is 2. The van der Waals surface area contributed by atoms with Crippen molar-refractivity contribution < 1.29 is 0 Å². The standard InChI is InChI=1S/C22H21N3/c1-22(2)19-15-17(24-16-9-5-3-6-10-16)13-14-20(19)25(21(22)23)18-11-7-4-8-12-18/h3-15,23-24H,1-2H3. The van der Waals surface area contributed by atoms with E-state index >= 15 is 0 Å². The van der Waals surface area contributed by atoms with E-state index in [9.17, 15) is 0 Å². The van der Waals surface area contributed by atoms with E-state index < -0.39 is 0 Å². The van der Waals surface area contributed by atoms with Gasteiger partial charge in [-0.25, -0.2) is 0 Å². The minimum atomic E-state index is -0.334. The predicted octanol–water partition coefficient (Wildman–Crippen LogP) is 5.84. The summed E-state index contributed by atoms with van der Waals surface area (Å²) < 4.78 is 0. The number of hydrogen-bond donors (Lipinski definition) is 2. The largest absolute Gasteiger partial charge is 0.356 e. The average molecular weight is 327 g/mol. The van der Waals surface area contributed by atoms with Crippen molar-refractivity contribution in [2.75, 3.05) is 10.2 Å². The van der Waals surface area contributed by atoms with Gasteiger partial charge in [0.2, 0.25) is 0 Å². The van der Waals surface area contributed by atoms with Gasteiger partial charge in [-0.1, -0.05) is 36.4 Å². The summed E-state index contributed by atoms with van der Waals surface area (Å²) in [6.45, 7) is 4.23. The van der Waals surface area contributed by atoms with Crippen molar-refractivity contribution in [1.29, 1.82) is 5.41 Å². The van der Waals surface area contributed by atoms with Gasteiger partial charge in [-0.2, -0.15) is 0 Å². The van der Waals surface area contributed by atoms with Crippen molar-refractivity contribution >= 4 is 28.6 Å². The SMILES string of the molecule is CC1(C)C(=N)N(c2ccccc2)c2ccc(Nc3ccccc3)cc21. The van der Waals surface area contributed by atoms with E-state index in [0.29, 0.717) is 5.84 Å². The molecule has 0 bridgehead atoms. The quantitative estimate of drug-likeness (QED) is 0.634. The molecule has 25 heavy (non-hydrogen) atoms. The summed E-state index contributed by atoms with van der Waals surface area (Å²) in [6.07, 6.45) is 0. The summed E-state index contributed by atoms with van der Waals surface area (Å²) >= 11 is 0. The Hall–Kier alpha value is -3.07. The van der Waals surface area contributed by atoms with Gasteiger partial charge in [0.1, 0.15) is 5.84 Å².